The number of hydrogen-bond acceptors (Lipinski definition) is 2. The second kappa shape index (κ2) is 4.45. The van der Waals surface area contributed by atoms with Crippen LogP contribution >= 0.6 is 0 Å². The Morgan fingerprint density at radius 2 is 2.08 bits per heavy atom. The van der Waals surface area contributed by atoms with Gasteiger partial charge in [-0.25, -0.2) is 0 Å². The van der Waals surface area contributed by atoms with Crippen molar-refractivity contribution in [1.82, 2.24) is 0 Å². The number of hydrogen-bond donors (Lipinski definition) is 2. The monoisotopic (exact) mass is 171 g/mol. The van der Waals surface area contributed by atoms with Crippen molar-refractivity contribution in [1.29, 1.82) is 0 Å². The van der Waals surface area contributed by atoms with Crippen LogP contribution in [-0.4, -0.2) is 17.6 Å². The van der Waals surface area contributed by atoms with Crippen molar-refractivity contribution in [3.63, 3.8) is 0 Å². The lowest BCUT2D eigenvalue weighted by molar-refractivity contribution is -0.142. The molecule has 0 radical (unpaired) electrons. The minimum atomic E-state index is -0.632. The molecule has 1 saturated carbocycles. The zero-order valence-electron chi connectivity index (χ0n) is 7.33. The summed E-state index contributed by atoms with van der Waals surface area (Å²) in [4.78, 5) is 10.7. The summed E-state index contributed by atoms with van der Waals surface area (Å²) in [7, 11) is 0. The number of carbonyl (C=O) groups is 1. The van der Waals surface area contributed by atoms with E-state index in [2.05, 4.69) is 0 Å². The fraction of sp³-hybridized carbons (Fsp3) is 0.889. The molecule has 2 atom stereocenters. The quantitative estimate of drug-likeness (QED) is 0.614. The van der Waals surface area contributed by atoms with Crippen LogP contribution in [0.15, 0.2) is 0 Å². The highest BCUT2D eigenvalue weighted by Gasteiger charge is 2.22. The lowest BCUT2D eigenvalue weighted by Crippen LogP contribution is -2.15. The van der Waals surface area contributed by atoms with Gasteiger partial charge in [-0.1, -0.05) is 6.42 Å². The Kier molecular flexibility index (Phi) is 3.53. The predicted octanol–water partition coefficient (Wildman–Crippen LogP) is 1.23. The third-order valence-corrected chi connectivity index (χ3v) is 2.77. The lowest BCUT2D eigenvalue weighted by Gasteiger charge is -2.09. The highest BCUT2D eigenvalue weighted by atomic mass is 16.4. The molecule has 0 bridgehead atoms. The van der Waals surface area contributed by atoms with Gasteiger partial charge in [0.1, 0.15) is 0 Å². The second-order valence-corrected chi connectivity index (χ2v) is 3.65. The third-order valence-electron chi connectivity index (χ3n) is 2.77. The summed E-state index contributed by atoms with van der Waals surface area (Å²) >= 11 is 0. The topological polar surface area (TPSA) is 63.3 Å². The van der Waals surface area contributed by atoms with Crippen LogP contribution in [-0.2, 0) is 4.79 Å². The molecule has 12 heavy (non-hydrogen) atoms. The molecule has 1 fully saturated rings. The fourth-order valence-corrected chi connectivity index (χ4v) is 1.86. The maximum absolute atomic E-state index is 10.7. The molecule has 3 N–H and O–H groups in total. The maximum Gasteiger partial charge on any atom is 0.306 e. The van der Waals surface area contributed by atoms with Gasteiger partial charge < -0.3 is 10.8 Å². The first-order valence-electron chi connectivity index (χ1n) is 4.67. The molecule has 1 aliphatic carbocycles. The molecule has 0 saturated heterocycles. The van der Waals surface area contributed by atoms with E-state index in [1.807, 2.05) is 0 Å². The molecule has 3 nitrogen and oxygen atoms in total. The normalized spacial score (nSPS) is 31.1. The zero-order valence-corrected chi connectivity index (χ0v) is 7.33. The molecule has 1 aliphatic rings. The van der Waals surface area contributed by atoms with Gasteiger partial charge in [0.2, 0.25) is 0 Å². The summed E-state index contributed by atoms with van der Waals surface area (Å²) in [6.45, 7) is 0.715. The van der Waals surface area contributed by atoms with Crippen molar-refractivity contribution in [3.05, 3.63) is 0 Å². The van der Waals surface area contributed by atoms with E-state index in [-0.39, 0.29) is 5.92 Å². The first-order valence-corrected chi connectivity index (χ1v) is 4.67. The standard InChI is InChI=1S/C9H17NO2/c10-6-7-2-1-3-8(5-4-7)9(11)12/h7-8H,1-6,10H2,(H,11,12). The molecule has 0 aromatic heterocycles. The number of carboxylic acids is 1. The van der Waals surface area contributed by atoms with Crippen LogP contribution in [0.1, 0.15) is 32.1 Å². The molecule has 2 unspecified atom stereocenters. The highest BCUT2D eigenvalue weighted by molar-refractivity contribution is 5.69. The number of rotatable bonds is 2. The molecular weight excluding hydrogens is 154 g/mol. The molecule has 0 spiro atoms. The average Bonchev–Trinajstić information content (AvgIpc) is 2.28. The van der Waals surface area contributed by atoms with Crippen molar-refractivity contribution in [2.75, 3.05) is 6.54 Å². The van der Waals surface area contributed by atoms with Crippen LogP contribution < -0.4 is 5.73 Å². The van der Waals surface area contributed by atoms with E-state index >= 15 is 0 Å². The Morgan fingerprint density at radius 1 is 1.33 bits per heavy atom. The first-order chi connectivity index (χ1) is 5.74. The van der Waals surface area contributed by atoms with Gasteiger partial charge in [-0.15, -0.1) is 0 Å². The van der Waals surface area contributed by atoms with Gasteiger partial charge in [-0.3, -0.25) is 4.79 Å². The van der Waals surface area contributed by atoms with Crippen molar-refractivity contribution in [3.8, 4) is 0 Å². The van der Waals surface area contributed by atoms with Crippen molar-refractivity contribution < 1.29 is 9.90 Å². The van der Waals surface area contributed by atoms with Gasteiger partial charge in [0.05, 0.1) is 5.92 Å². The van der Waals surface area contributed by atoms with E-state index in [1.165, 1.54) is 0 Å². The first kappa shape index (κ1) is 9.52. The smallest absolute Gasteiger partial charge is 0.306 e. The van der Waals surface area contributed by atoms with E-state index in [0.29, 0.717) is 12.5 Å². The molecule has 0 aromatic rings. The summed E-state index contributed by atoms with van der Waals surface area (Å²) in [5.41, 5.74) is 5.55. The van der Waals surface area contributed by atoms with Gasteiger partial charge in [0.15, 0.2) is 0 Å². The number of aliphatic carboxylic acids is 1. The van der Waals surface area contributed by atoms with Crippen LogP contribution in [0.2, 0.25) is 0 Å². The summed E-state index contributed by atoms with van der Waals surface area (Å²) < 4.78 is 0. The zero-order chi connectivity index (χ0) is 8.97. The summed E-state index contributed by atoms with van der Waals surface area (Å²) in [5, 5.41) is 8.79. The summed E-state index contributed by atoms with van der Waals surface area (Å²) in [6, 6.07) is 0. The predicted molar refractivity (Wildman–Crippen MR) is 46.8 cm³/mol. The summed E-state index contributed by atoms with van der Waals surface area (Å²) in [6.07, 6.45) is 4.79. The SMILES string of the molecule is NCC1CCCC(C(=O)O)CC1. The molecule has 70 valence electrons. The number of nitrogens with two attached hydrogens (primary N) is 1. The Morgan fingerprint density at radius 3 is 2.67 bits per heavy atom. The Bertz CT molecular complexity index is 159. The van der Waals surface area contributed by atoms with E-state index in [0.717, 1.165) is 32.1 Å². The molecule has 0 aliphatic heterocycles. The van der Waals surface area contributed by atoms with Gasteiger partial charge in [0, 0.05) is 0 Å². The van der Waals surface area contributed by atoms with Crippen molar-refractivity contribution in [2.24, 2.45) is 17.6 Å². The molecule has 0 aromatic carbocycles. The van der Waals surface area contributed by atoms with Gasteiger partial charge in [-0.2, -0.15) is 0 Å². The van der Waals surface area contributed by atoms with Crippen LogP contribution in [0.25, 0.3) is 0 Å². The van der Waals surface area contributed by atoms with Crippen LogP contribution in [0, 0.1) is 11.8 Å². The van der Waals surface area contributed by atoms with Gasteiger partial charge in [-0.05, 0) is 38.1 Å². The maximum atomic E-state index is 10.7. The van der Waals surface area contributed by atoms with Gasteiger partial charge >= 0.3 is 5.97 Å². The van der Waals surface area contributed by atoms with E-state index in [4.69, 9.17) is 10.8 Å². The van der Waals surface area contributed by atoms with E-state index in [1.54, 1.807) is 0 Å². The molecular formula is C9H17NO2. The van der Waals surface area contributed by atoms with Crippen molar-refractivity contribution in [2.45, 2.75) is 32.1 Å². The molecule has 0 amide bonds. The van der Waals surface area contributed by atoms with E-state index in [9.17, 15) is 4.79 Å². The van der Waals surface area contributed by atoms with Crippen LogP contribution in [0.5, 0.6) is 0 Å². The minimum absolute atomic E-state index is 0.110. The highest BCUT2D eigenvalue weighted by Crippen LogP contribution is 2.26. The Labute approximate surface area is 72.9 Å². The van der Waals surface area contributed by atoms with Crippen LogP contribution in [0.4, 0.5) is 0 Å². The average molecular weight is 171 g/mol. The van der Waals surface area contributed by atoms with E-state index < -0.39 is 5.97 Å². The minimum Gasteiger partial charge on any atom is -0.481 e. The molecule has 3 heteroatoms. The largest absolute Gasteiger partial charge is 0.481 e. The van der Waals surface area contributed by atoms with Crippen molar-refractivity contribution >= 4 is 5.97 Å². The second-order valence-electron chi connectivity index (χ2n) is 3.65. The third kappa shape index (κ3) is 2.48. The number of carboxylic acid groups (broad SMARTS) is 1. The lowest BCUT2D eigenvalue weighted by atomic mass is 9.98. The summed E-state index contributed by atoms with van der Waals surface area (Å²) in [5.74, 6) is -0.177. The fourth-order valence-electron chi connectivity index (χ4n) is 1.86. The van der Waals surface area contributed by atoms with Crippen LogP contribution in [0.3, 0.4) is 0 Å². The van der Waals surface area contributed by atoms with Gasteiger partial charge in [0.25, 0.3) is 0 Å². The Hall–Kier alpha value is -0.570. The Balaban J connectivity index is 2.39. The molecule has 1 rings (SSSR count). The molecule has 0 heterocycles.